The van der Waals surface area contributed by atoms with E-state index in [0.717, 1.165) is 44.9 Å². The quantitative estimate of drug-likeness (QED) is 0.522. The molecule has 1 aliphatic heterocycles. The van der Waals surface area contributed by atoms with E-state index in [2.05, 4.69) is 15.3 Å². The second-order valence-corrected chi connectivity index (χ2v) is 7.75. The van der Waals surface area contributed by atoms with Crippen LogP contribution in [0.5, 0.6) is 11.5 Å². The molecule has 2 N–H and O–H groups in total. The summed E-state index contributed by atoms with van der Waals surface area (Å²) in [6.45, 7) is 3.10. The molecule has 6 nitrogen and oxygen atoms in total. The van der Waals surface area contributed by atoms with Crippen LogP contribution in [-0.4, -0.2) is 29.1 Å². The van der Waals surface area contributed by atoms with Gasteiger partial charge in [0.2, 0.25) is 5.91 Å². The molecule has 5 rings (SSSR count). The Hall–Kier alpha value is -3.32. The Morgan fingerprint density at radius 2 is 2.00 bits per heavy atom. The molecule has 0 bridgehead atoms. The van der Waals surface area contributed by atoms with Crippen molar-refractivity contribution in [2.24, 2.45) is 0 Å². The van der Waals surface area contributed by atoms with Gasteiger partial charge in [0.05, 0.1) is 12.1 Å². The zero-order chi connectivity index (χ0) is 19.8. The molecule has 1 amide bonds. The van der Waals surface area contributed by atoms with Crippen molar-refractivity contribution in [2.75, 3.05) is 18.5 Å². The molecule has 0 saturated heterocycles. The van der Waals surface area contributed by atoms with Crippen LogP contribution in [0.3, 0.4) is 0 Å². The highest BCUT2D eigenvalue weighted by Gasteiger charge is 2.16. The van der Waals surface area contributed by atoms with Crippen molar-refractivity contribution in [3.63, 3.8) is 0 Å². The molecular weight excluding hydrogens is 386 g/mol. The Morgan fingerprint density at radius 3 is 2.90 bits per heavy atom. The summed E-state index contributed by atoms with van der Waals surface area (Å²) in [4.78, 5) is 20.5. The fraction of sp³-hybridized carbons (Fsp3) is 0.182. The number of fused-ring (bicyclic) bond motifs is 2. The van der Waals surface area contributed by atoms with Crippen molar-refractivity contribution >= 4 is 33.3 Å². The summed E-state index contributed by atoms with van der Waals surface area (Å²) in [5.74, 6) is 1.39. The van der Waals surface area contributed by atoms with Crippen molar-refractivity contribution < 1.29 is 14.3 Å². The maximum atomic E-state index is 12.6. The number of ether oxygens (including phenoxy) is 2. The molecule has 0 spiro atoms. The van der Waals surface area contributed by atoms with Crippen LogP contribution in [0.25, 0.3) is 22.2 Å². The minimum Gasteiger partial charge on any atom is -0.486 e. The number of aryl methyl sites for hydroxylation is 1. The lowest BCUT2D eigenvalue weighted by Gasteiger charge is -2.18. The first kappa shape index (κ1) is 17.8. The first-order valence-corrected chi connectivity index (χ1v) is 10.3. The Labute approximate surface area is 171 Å². The fourth-order valence-corrected chi connectivity index (χ4v) is 4.29. The monoisotopic (exact) mass is 405 g/mol. The van der Waals surface area contributed by atoms with Gasteiger partial charge < -0.3 is 19.8 Å². The van der Waals surface area contributed by atoms with Crippen LogP contribution in [0.2, 0.25) is 0 Å². The summed E-state index contributed by atoms with van der Waals surface area (Å²) in [6.07, 6.45) is 0.300. The summed E-state index contributed by atoms with van der Waals surface area (Å²) in [5.41, 5.74) is 4.80. The average Bonchev–Trinajstić information content (AvgIpc) is 3.32. The molecule has 2 aromatic carbocycles. The largest absolute Gasteiger partial charge is 0.486 e. The molecule has 0 saturated carbocycles. The number of nitrogens with one attached hydrogen (secondary N) is 2. The van der Waals surface area contributed by atoms with Gasteiger partial charge in [-0.05, 0) is 36.8 Å². The number of thiazole rings is 1. The van der Waals surface area contributed by atoms with Gasteiger partial charge >= 0.3 is 0 Å². The van der Waals surface area contributed by atoms with Crippen LogP contribution in [0.1, 0.15) is 11.3 Å². The number of anilines is 1. The van der Waals surface area contributed by atoms with E-state index in [0.29, 0.717) is 24.8 Å². The Morgan fingerprint density at radius 1 is 1.17 bits per heavy atom. The average molecular weight is 405 g/mol. The molecule has 0 aliphatic carbocycles. The zero-order valence-electron chi connectivity index (χ0n) is 15.8. The molecule has 1 aliphatic rings. The van der Waals surface area contributed by atoms with E-state index >= 15 is 0 Å². The predicted molar refractivity (Wildman–Crippen MR) is 114 cm³/mol. The van der Waals surface area contributed by atoms with E-state index in [1.165, 1.54) is 11.3 Å². The van der Waals surface area contributed by atoms with Crippen LogP contribution in [-0.2, 0) is 11.2 Å². The van der Waals surface area contributed by atoms with Crippen molar-refractivity contribution in [1.29, 1.82) is 0 Å². The molecule has 3 heterocycles. The summed E-state index contributed by atoms with van der Waals surface area (Å²) < 4.78 is 11.2. The molecule has 0 fully saturated rings. The smallest absolute Gasteiger partial charge is 0.230 e. The molecule has 2 aromatic heterocycles. The first-order valence-electron chi connectivity index (χ1n) is 9.39. The van der Waals surface area contributed by atoms with Crippen LogP contribution >= 0.6 is 11.3 Å². The summed E-state index contributed by atoms with van der Waals surface area (Å²) >= 11 is 1.41. The van der Waals surface area contributed by atoms with Gasteiger partial charge in [0.15, 0.2) is 16.6 Å². The molecule has 29 heavy (non-hydrogen) atoms. The van der Waals surface area contributed by atoms with Crippen LogP contribution in [0, 0.1) is 6.92 Å². The van der Waals surface area contributed by atoms with Crippen molar-refractivity contribution in [3.8, 4) is 22.8 Å². The second-order valence-electron chi connectivity index (χ2n) is 6.90. The van der Waals surface area contributed by atoms with Crippen LogP contribution in [0.4, 0.5) is 5.13 Å². The number of carbonyl (C=O) groups excluding carboxylic acids is 1. The van der Waals surface area contributed by atoms with Gasteiger partial charge in [-0.25, -0.2) is 4.98 Å². The number of amides is 1. The first-order chi connectivity index (χ1) is 14.2. The van der Waals surface area contributed by atoms with Crippen molar-refractivity contribution in [2.45, 2.75) is 13.3 Å². The van der Waals surface area contributed by atoms with E-state index in [1.807, 2.05) is 54.8 Å². The molecule has 7 heteroatoms. The number of hydrogen-bond acceptors (Lipinski definition) is 5. The maximum Gasteiger partial charge on any atom is 0.230 e. The number of H-pyrrole nitrogens is 1. The molecular formula is C22H19N3O3S. The SMILES string of the molecule is Cc1[nH]c2ccccc2c1CC(=O)Nc1nc(-c2ccc3c(c2)OCCO3)cs1. The van der Waals surface area contributed by atoms with Gasteiger partial charge in [0, 0.05) is 27.5 Å². The number of nitrogens with zero attached hydrogens (tertiary/aromatic N) is 1. The number of aromatic nitrogens is 2. The number of para-hydroxylation sites is 1. The van der Waals surface area contributed by atoms with E-state index in [1.54, 1.807) is 0 Å². The Kier molecular flexibility index (Phi) is 4.44. The Bertz CT molecular complexity index is 1210. The van der Waals surface area contributed by atoms with E-state index in [9.17, 15) is 4.79 Å². The number of rotatable bonds is 4. The minimum atomic E-state index is -0.0825. The molecule has 0 radical (unpaired) electrons. The highest BCUT2D eigenvalue weighted by molar-refractivity contribution is 7.14. The third-order valence-corrected chi connectivity index (χ3v) is 5.71. The summed E-state index contributed by atoms with van der Waals surface area (Å²) in [5, 5.41) is 6.51. The lowest BCUT2D eigenvalue weighted by Crippen LogP contribution is -2.15. The van der Waals surface area contributed by atoms with Gasteiger partial charge in [0.25, 0.3) is 0 Å². The number of carbonyl (C=O) groups is 1. The normalized spacial score (nSPS) is 12.9. The van der Waals surface area contributed by atoms with Gasteiger partial charge in [-0.2, -0.15) is 0 Å². The minimum absolute atomic E-state index is 0.0825. The maximum absolute atomic E-state index is 12.6. The van der Waals surface area contributed by atoms with Gasteiger partial charge in [-0.3, -0.25) is 4.79 Å². The third-order valence-electron chi connectivity index (χ3n) is 4.95. The van der Waals surface area contributed by atoms with Crippen molar-refractivity contribution in [1.82, 2.24) is 9.97 Å². The molecule has 0 atom stereocenters. The fourth-order valence-electron chi connectivity index (χ4n) is 3.55. The van der Waals surface area contributed by atoms with E-state index in [-0.39, 0.29) is 5.91 Å². The number of aromatic amines is 1. The summed E-state index contributed by atoms with van der Waals surface area (Å²) in [6, 6.07) is 13.8. The van der Waals surface area contributed by atoms with Crippen LogP contribution in [0.15, 0.2) is 47.8 Å². The second kappa shape index (κ2) is 7.25. The van der Waals surface area contributed by atoms with E-state index < -0.39 is 0 Å². The lowest BCUT2D eigenvalue weighted by atomic mass is 10.1. The van der Waals surface area contributed by atoms with E-state index in [4.69, 9.17) is 9.47 Å². The van der Waals surface area contributed by atoms with Crippen molar-refractivity contribution in [3.05, 3.63) is 59.1 Å². The topological polar surface area (TPSA) is 76.2 Å². The Balaban J connectivity index is 1.32. The van der Waals surface area contributed by atoms with Crippen LogP contribution < -0.4 is 14.8 Å². The van der Waals surface area contributed by atoms with Gasteiger partial charge in [0.1, 0.15) is 13.2 Å². The highest BCUT2D eigenvalue weighted by Crippen LogP contribution is 2.35. The lowest BCUT2D eigenvalue weighted by molar-refractivity contribution is -0.115. The van der Waals surface area contributed by atoms with Gasteiger partial charge in [-0.1, -0.05) is 18.2 Å². The molecule has 146 valence electrons. The zero-order valence-corrected chi connectivity index (χ0v) is 16.6. The highest BCUT2D eigenvalue weighted by atomic mass is 32.1. The predicted octanol–water partition coefficient (Wildman–Crippen LogP) is 4.55. The summed E-state index contributed by atoms with van der Waals surface area (Å²) in [7, 11) is 0. The number of benzene rings is 2. The molecule has 0 unspecified atom stereocenters. The third kappa shape index (κ3) is 3.45. The molecule has 4 aromatic rings. The van der Waals surface area contributed by atoms with Gasteiger partial charge in [-0.15, -0.1) is 11.3 Å². The standard InChI is InChI=1S/C22H19N3O3S/c1-13-16(15-4-2-3-5-17(15)23-13)11-21(26)25-22-24-18(12-29-22)14-6-7-19-20(10-14)28-9-8-27-19/h2-7,10,12,23H,8-9,11H2,1H3,(H,24,25,26). The number of hydrogen-bond donors (Lipinski definition) is 2.